The zero-order chi connectivity index (χ0) is 10.3. The normalized spacial score (nSPS) is 14.0. The minimum atomic E-state index is -1.37. The van der Waals surface area contributed by atoms with Crippen molar-refractivity contribution in [1.82, 2.24) is 14.4 Å². The van der Waals surface area contributed by atoms with Crippen molar-refractivity contribution in [2.45, 2.75) is 45.8 Å². The lowest BCUT2D eigenvalue weighted by Crippen LogP contribution is -2.34. The van der Waals surface area contributed by atoms with Gasteiger partial charge in [0.25, 0.3) is 0 Å². The third-order valence-corrected chi connectivity index (χ3v) is 4.46. The molecule has 0 aliphatic rings. The summed E-state index contributed by atoms with van der Waals surface area (Å²) in [7, 11) is -0.342. The van der Waals surface area contributed by atoms with Crippen molar-refractivity contribution in [1.29, 1.82) is 0 Å². The van der Waals surface area contributed by atoms with Gasteiger partial charge >= 0.3 is 0 Å². The molecule has 0 atom stereocenters. The standard InChI is InChI=1S/C8H18N3PSi/c1-8(2,3)7-9-11(10-12-7)13(4,5)6/h1-6H3. The van der Waals surface area contributed by atoms with Crippen LogP contribution in [0.2, 0.25) is 19.6 Å². The maximum atomic E-state index is 4.56. The fraction of sp³-hybridized carbons (Fsp3) is 0.875. The topological polar surface area (TPSA) is 30.7 Å². The van der Waals surface area contributed by atoms with E-state index in [1.165, 1.54) is 5.43 Å². The highest BCUT2D eigenvalue weighted by molar-refractivity contribution is 7.26. The summed E-state index contributed by atoms with van der Waals surface area (Å²) in [6, 6.07) is 0. The Morgan fingerprint density at radius 2 is 1.77 bits per heavy atom. The molecule has 0 aromatic carbocycles. The van der Waals surface area contributed by atoms with Gasteiger partial charge in [-0.1, -0.05) is 20.8 Å². The molecule has 1 rings (SSSR count). The van der Waals surface area contributed by atoms with Crippen molar-refractivity contribution in [3.8, 4) is 0 Å². The molecule has 0 unspecified atom stereocenters. The Bertz CT molecular complexity index is 267. The molecular formula is C8H18N3PSi. The molecule has 5 heteroatoms. The first-order valence-corrected chi connectivity index (χ1v) is 8.82. The average molecular weight is 215 g/mol. The van der Waals surface area contributed by atoms with E-state index in [1.54, 1.807) is 0 Å². The molecule has 0 amide bonds. The quantitative estimate of drug-likeness (QED) is 0.674. The van der Waals surface area contributed by atoms with Crippen molar-refractivity contribution in [2.24, 2.45) is 0 Å². The number of nitrogens with zero attached hydrogens (tertiary/aromatic N) is 3. The Hall–Kier alpha value is -0.213. The fourth-order valence-electron chi connectivity index (χ4n) is 0.799. The molecule has 1 aromatic rings. The van der Waals surface area contributed by atoms with Crippen LogP contribution in [-0.4, -0.2) is 22.7 Å². The molecule has 0 aliphatic heterocycles. The van der Waals surface area contributed by atoms with E-state index in [2.05, 4.69) is 50.4 Å². The number of aromatic nitrogens is 3. The van der Waals surface area contributed by atoms with E-state index in [0.29, 0.717) is 0 Å². The van der Waals surface area contributed by atoms with Crippen LogP contribution in [0.3, 0.4) is 0 Å². The van der Waals surface area contributed by atoms with Crippen LogP contribution in [0.15, 0.2) is 0 Å². The summed E-state index contributed by atoms with van der Waals surface area (Å²) in [6.07, 6.45) is 0. The molecule has 1 aromatic heterocycles. The van der Waals surface area contributed by atoms with E-state index in [4.69, 9.17) is 0 Å². The van der Waals surface area contributed by atoms with Gasteiger partial charge in [-0.15, -0.1) is 4.86 Å². The maximum absolute atomic E-state index is 4.56. The van der Waals surface area contributed by atoms with Crippen molar-refractivity contribution >= 4 is 16.6 Å². The number of rotatable bonds is 1. The second-order valence-corrected chi connectivity index (χ2v) is 10.9. The second kappa shape index (κ2) is 3.17. The van der Waals surface area contributed by atoms with Gasteiger partial charge in [-0.3, -0.25) is 0 Å². The smallest absolute Gasteiger partial charge is 0.202 e. The van der Waals surface area contributed by atoms with Crippen molar-refractivity contribution in [3.63, 3.8) is 0 Å². The molecule has 0 fully saturated rings. The third kappa shape index (κ3) is 2.61. The summed E-state index contributed by atoms with van der Waals surface area (Å²) in [5.41, 5.74) is 1.33. The fourth-order valence-corrected chi connectivity index (χ4v) is 3.12. The van der Waals surface area contributed by atoms with Crippen LogP contribution in [0, 0.1) is 0 Å². The van der Waals surface area contributed by atoms with Crippen LogP contribution in [0.4, 0.5) is 0 Å². The van der Waals surface area contributed by atoms with E-state index >= 15 is 0 Å². The minimum absolute atomic E-state index is 0.152. The minimum Gasteiger partial charge on any atom is -0.217 e. The Labute approximate surface area is 82.8 Å². The monoisotopic (exact) mass is 215 g/mol. The van der Waals surface area contributed by atoms with Gasteiger partial charge < -0.3 is 0 Å². The summed E-state index contributed by atoms with van der Waals surface area (Å²) < 4.78 is 1.95. The lowest BCUT2D eigenvalue weighted by atomic mass is 9.98. The molecular weight excluding hydrogens is 197 g/mol. The van der Waals surface area contributed by atoms with Gasteiger partial charge in [-0.2, -0.15) is 5.10 Å². The Morgan fingerprint density at radius 1 is 1.23 bits per heavy atom. The van der Waals surface area contributed by atoms with Gasteiger partial charge in [0, 0.05) is 5.41 Å². The molecule has 1 heterocycles. The number of hydrogen-bond donors (Lipinski definition) is 0. The maximum Gasteiger partial charge on any atom is 0.202 e. The molecule has 0 bridgehead atoms. The highest BCUT2D eigenvalue weighted by Crippen LogP contribution is 2.26. The molecule has 0 radical (unpaired) electrons. The summed E-state index contributed by atoms with van der Waals surface area (Å²) in [5, 5.41) is 4.56. The summed E-state index contributed by atoms with van der Waals surface area (Å²) in [5.74, 6) is 0. The second-order valence-electron chi connectivity index (χ2n) is 5.32. The molecule has 13 heavy (non-hydrogen) atoms. The zero-order valence-electron chi connectivity index (χ0n) is 9.29. The highest BCUT2D eigenvalue weighted by atomic mass is 31.0. The summed E-state index contributed by atoms with van der Waals surface area (Å²) in [6.45, 7) is 13.3. The van der Waals surface area contributed by atoms with Gasteiger partial charge in [0.1, 0.15) is 5.43 Å². The Balaban J connectivity index is 3.01. The van der Waals surface area contributed by atoms with Gasteiger partial charge in [-0.05, 0) is 19.6 Å². The van der Waals surface area contributed by atoms with E-state index in [-0.39, 0.29) is 5.41 Å². The average Bonchev–Trinajstić information content (AvgIpc) is 2.28. The largest absolute Gasteiger partial charge is 0.217 e. The molecule has 0 saturated carbocycles. The molecule has 3 nitrogen and oxygen atoms in total. The molecule has 0 N–H and O–H groups in total. The number of hydrogen-bond acceptors (Lipinski definition) is 2. The van der Waals surface area contributed by atoms with Gasteiger partial charge in [0.05, 0.1) is 8.35 Å². The molecule has 0 spiro atoms. The van der Waals surface area contributed by atoms with Crippen molar-refractivity contribution in [3.05, 3.63) is 5.43 Å². The Morgan fingerprint density at radius 3 is 2.00 bits per heavy atom. The van der Waals surface area contributed by atoms with Crippen molar-refractivity contribution < 1.29 is 0 Å². The van der Waals surface area contributed by atoms with E-state index in [1.807, 2.05) is 4.46 Å². The molecule has 74 valence electrons. The van der Waals surface area contributed by atoms with Crippen LogP contribution in [0.5, 0.6) is 0 Å². The predicted molar refractivity (Wildman–Crippen MR) is 60.0 cm³/mol. The van der Waals surface area contributed by atoms with Crippen LogP contribution >= 0.6 is 8.35 Å². The summed E-state index contributed by atoms with van der Waals surface area (Å²) >= 11 is 0. The first-order chi connectivity index (χ1) is 5.71. The van der Waals surface area contributed by atoms with Crippen LogP contribution in [0.1, 0.15) is 26.2 Å². The SMILES string of the molecule is CC(C)(C)c1nn([Si](C)(C)C)np1. The lowest BCUT2D eigenvalue weighted by Gasteiger charge is -2.16. The van der Waals surface area contributed by atoms with Crippen LogP contribution in [0.25, 0.3) is 0 Å². The van der Waals surface area contributed by atoms with E-state index < -0.39 is 8.24 Å². The third-order valence-electron chi connectivity index (χ3n) is 1.68. The predicted octanol–water partition coefficient (Wildman–Crippen LogP) is 2.84. The van der Waals surface area contributed by atoms with E-state index in [0.717, 1.165) is 8.35 Å². The van der Waals surface area contributed by atoms with Gasteiger partial charge in [0.15, 0.2) is 0 Å². The van der Waals surface area contributed by atoms with Gasteiger partial charge in [0.2, 0.25) is 8.24 Å². The van der Waals surface area contributed by atoms with Crippen LogP contribution < -0.4 is 0 Å². The lowest BCUT2D eigenvalue weighted by molar-refractivity contribution is 0.569. The highest BCUT2D eigenvalue weighted by Gasteiger charge is 2.24. The zero-order valence-corrected chi connectivity index (χ0v) is 11.2. The van der Waals surface area contributed by atoms with Crippen molar-refractivity contribution in [2.75, 3.05) is 0 Å². The Kier molecular flexibility index (Phi) is 2.65. The molecule has 0 aliphatic carbocycles. The summed E-state index contributed by atoms with van der Waals surface area (Å²) in [4.78, 5) is 4.42. The molecule has 0 saturated heterocycles. The van der Waals surface area contributed by atoms with Crippen LogP contribution in [-0.2, 0) is 5.41 Å². The van der Waals surface area contributed by atoms with Gasteiger partial charge in [-0.25, -0.2) is 4.46 Å². The first kappa shape index (κ1) is 10.9. The van der Waals surface area contributed by atoms with E-state index in [9.17, 15) is 0 Å². The first-order valence-electron chi connectivity index (χ1n) is 4.52.